The van der Waals surface area contributed by atoms with E-state index in [1.807, 2.05) is 32.0 Å². The lowest BCUT2D eigenvalue weighted by atomic mass is 10.1. The Morgan fingerprint density at radius 1 is 1.10 bits per heavy atom. The minimum atomic E-state index is 0.0875. The van der Waals surface area contributed by atoms with E-state index < -0.39 is 0 Å². The maximum Gasteiger partial charge on any atom is 0.157 e. The van der Waals surface area contributed by atoms with Crippen LogP contribution in [0.25, 0.3) is 0 Å². The van der Waals surface area contributed by atoms with Crippen LogP contribution >= 0.6 is 11.6 Å². The van der Waals surface area contributed by atoms with Gasteiger partial charge in [0.25, 0.3) is 0 Å². The fraction of sp³-hybridized carbons (Fsp3) is 0.333. The molecule has 0 fully saturated rings. The minimum Gasteiger partial charge on any atom is -0.393 e. The molecule has 20 heavy (non-hydrogen) atoms. The zero-order chi connectivity index (χ0) is 14.7. The van der Waals surface area contributed by atoms with Crippen molar-refractivity contribution in [2.24, 2.45) is 0 Å². The minimum absolute atomic E-state index is 0.0875. The summed E-state index contributed by atoms with van der Waals surface area (Å²) < 4.78 is 0. The molecule has 1 heterocycles. The van der Waals surface area contributed by atoms with E-state index in [1.54, 1.807) is 0 Å². The molecule has 0 aliphatic carbocycles. The predicted octanol–water partition coefficient (Wildman–Crippen LogP) is 4.01. The van der Waals surface area contributed by atoms with Crippen molar-refractivity contribution in [1.29, 1.82) is 0 Å². The molecule has 1 aromatic heterocycles. The molecule has 106 valence electrons. The summed E-state index contributed by atoms with van der Waals surface area (Å²) in [7, 11) is 0. The number of nitrogens with zero attached hydrogens (tertiary/aromatic N) is 2. The number of nitrogen functional groups attached to an aromatic ring is 1. The molecule has 0 saturated carbocycles. The van der Waals surface area contributed by atoms with Crippen LogP contribution in [0, 0.1) is 0 Å². The highest BCUT2D eigenvalue weighted by Gasteiger charge is 2.14. The molecule has 0 saturated heterocycles. The third-order valence-corrected chi connectivity index (χ3v) is 3.37. The number of anilines is 2. The molecule has 3 N–H and O–H groups in total. The summed E-state index contributed by atoms with van der Waals surface area (Å²) >= 11 is 6.08. The van der Waals surface area contributed by atoms with E-state index in [0.29, 0.717) is 22.5 Å². The SMILES string of the molecule is CC(C)c1nc(Cl)c(N)c(NC(C)c2ccccc2)n1. The third kappa shape index (κ3) is 3.20. The first kappa shape index (κ1) is 14.6. The molecule has 1 aromatic carbocycles. The van der Waals surface area contributed by atoms with E-state index in [1.165, 1.54) is 0 Å². The van der Waals surface area contributed by atoms with Crippen LogP contribution in [0.2, 0.25) is 5.15 Å². The van der Waals surface area contributed by atoms with Crippen LogP contribution in [0.15, 0.2) is 30.3 Å². The Balaban J connectivity index is 2.29. The van der Waals surface area contributed by atoms with Crippen molar-refractivity contribution in [3.8, 4) is 0 Å². The second-order valence-electron chi connectivity index (χ2n) is 5.07. The Kier molecular flexibility index (Phi) is 4.45. The summed E-state index contributed by atoms with van der Waals surface area (Å²) in [6.45, 7) is 6.10. The van der Waals surface area contributed by atoms with Crippen molar-refractivity contribution >= 4 is 23.1 Å². The Bertz CT molecular complexity index is 584. The summed E-state index contributed by atoms with van der Waals surface area (Å²) in [5.74, 6) is 1.47. The maximum absolute atomic E-state index is 6.08. The van der Waals surface area contributed by atoms with Crippen molar-refractivity contribution in [3.63, 3.8) is 0 Å². The summed E-state index contributed by atoms with van der Waals surface area (Å²) in [6.07, 6.45) is 0. The van der Waals surface area contributed by atoms with Gasteiger partial charge in [0, 0.05) is 5.92 Å². The van der Waals surface area contributed by atoms with Crippen LogP contribution in [-0.4, -0.2) is 9.97 Å². The average molecular weight is 291 g/mol. The van der Waals surface area contributed by atoms with E-state index in [9.17, 15) is 0 Å². The molecule has 1 atom stereocenters. The number of hydrogen-bond donors (Lipinski definition) is 2. The molecule has 5 heteroatoms. The number of rotatable bonds is 4. The van der Waals surface area contributed by atoms with Crippen LogP contribution < -0.4 is 11.1 Å². The standard InChI is InChI=1S/C15H19ClN4/c1-9(2)14-19-13(16)12(17)15(20-14)18-10(3)11-7-5-4-6-8-11/h4-10H,17H2,1-3H3,(H,18,19,20). The third-order valence-electron chi connectivity index (χ3n) is 3.09. The van der Waals surface area contributed by atoms with Gasteiger partial charge in [0.2, 0.25) is 0 Å². The lowest BCUT2D eigenvalue weighted by Crippen LogP contribution is -2.12. The van der Waals surface area contributed by atoms with E-state index in [2.05, 4.69) is 34.3 Å². The fourth-order valence-electron chi connectivity index (χ4n) is 1.86. The van der Waals surface area contributed by atoms with Gasteiger partial charge in [-0.15, -0.1) is 0 Å². The topological polar surface area (TPSA) is 63.8 Å². The van der Waals surface area contributed by atoms with E-state index >= 15 is 0 Å². The second-order valence-corrected chi connectivity index (χ2v) is 5.42. The highest BCUT2D eigenvalue weighted by atomic mass is 35.5. The van der Waals surface area contributed by atoms with Gasteiger partial charge in [0.15, 0.2) is 11.0 Å². The van der Waals surface area contributed by atoms with Gasteiger partial charge in [-0.05, 0) is 12.5 Å². The lowest BCUT2D eigenvalue weighted by molar-refractivity contribution is 0.769. The molecule has 0 spiro atoms. The van der Waals surface area contributed by atoms with Crippen molar-refractivity contribution < 1.29 is 0 Å². The van der Waals surface area contributed by atoms with Gasteiger partial charge in [-0.25, -0.2) is 9.97 Å². The van der Waals surface area contributed by atoms with Gasteiger partial charge in [0.05, 0.1) is 6.04 Å². The van der Waals surface area contributed by atoms with Crippen LogP contribution in [0.3, 0.4) is 0 Å². The summed E-state index contributed by atoms with van der Waals surface area (Å²) in [5, 5.41) is 3.60. The van der Waals surface area contributed by atoms with Crippen molar-refractivity contribution in [1.82, 2.24) is 9.97 Å². The summed E-state index contributed by atoms with van der Waals surface area (Å²) in [6, 6.07) is 10.2. The van der Waals surface area contributed by atoms with Crippen LogP contribution in [0.5, 0.6) is 0 Å². The first-order valence-electron chi connectivity index (χ1n) is 6.63. The number of nitrogens with two attached hydrogens (primary N) is 1. The summed E-state index contributed by atoms with van der Waals surface area (Å²) in [4.78, 5) is 8.67. The first-order valence-corrected chi connectivity index (χ1v) is 7.01. The molecule has 0 amide bonds. The van der Waals surface area contributed by atoms with Crippen molar-refractivity contribution in [2.45, 2.75) is 32.7 Å². The van der Waals surface area contributed by atoms with Gasteiger partial charge in [0.1, 0.15) is 11.5 Å². The molecule has 0 aliphatic heterocycles. The average Bonchev–Trinajstić information content (AvgIpc) is 2.44. The van der Waals surface area contributed by atoms with Gasteiger partial charge < -0.3 is 11.1 Å². The molecule has 4 nitrogen and oxygen atoms in total. The smallest absolute Gasteiger partial charge is 0.157 e. The van der Waals surface area contributed by atoms with Crippen molar-refractivity contribution in [2.75, 3.05) is 11.1 Å². The van der Waals surface area contributed by atoms with E-state index in [4.69, 9.17) is 17.3 Å². The fourth-order valence-corrected chi connectivity index (χ4v) is 2.03. The van der Waals surface area contributed by atoms with Crippen LogP contribution in [0.4, 0.5) is 11.5 Å². The van der Waals surface area contributed by atoms with E-state index in [-0.39, 0.29) is 12.0 Å². The predicted molar refractivity (Wildman–Crippen MR) is 84.0 cm³/mol. The van der Waals surface area contributed by atoms with Crippen molar-refractivity contribution in [3.05, 3.63) is 46.9 Å². The summed E-state index contributed by atoms with van der Waals surface area (Å²) in [5.41, 5.74) is 7.51. The van der Waals surface area contributed by atoms with E-state index in [0.717, 1.165) is 5.56 Å². The monoisotopic (exact) mass is 290 g/mol. The number of aromatic nitrogens is 2. The largest absolute Gasteiger partial charge is 0.393 e. The van der Waals surface area contributed by atoms with Crippen LogP contribution in [-0.2, 0) is 0 Å². The molecule has 0 radical (unpaired) electrons. The Labute approximate surface area is 124 Å². The highest BCUT2D eigenvalue weighted by molar-refractivity contribution is 6.32. The Morgan fingerprint density at radius 3 is 2.35 bits per heavy atom. The molecule has 0 bridgehead atoms. The van der Waals surface area contributed by atoms with Gasteiger partial charge in [-0.1, -0.05) is 55.8 Å². The highest BCUT2D eigenvalue weighted by Crippen LogP contribution is 2.28. The molecule has 1 unspecified atom stereocenters. The number of nitrogens with one attached hydrogen (secondary N) is 1. The number of benzene rings is 1. The molecule has 2 aromatic rings. The van der Waals surface area contributed by atoms with Gasteiger partial charge in [-0.3, -0.25) is 0 Å². The normalized spacial score (nSPS) is 12.4. The quantitative estimate of drug-likeness (QED) is 0.835. The number of halogens is 1. The number of hydrogen-bond acceptors (Lipinski definition) is 4. The molecule has 2 rings (SSSR count). The zero-order valence-corrected chi connectivity index (χ0v) is 12.6. The first-order chi connectivity index (χ1) is 9.49. The zero-order valence-electron chi connectivity index (χ0n) is 11.9. The Morgan fingerprint density at radius 2 is 1.75 bits per heavy atom. The van der Waals surface area contributed by atoms with Gasteiger partial charge >= 0.3 is 0 Å². The van der Waals surface area contributed by atoms with Gasteiger partial charge in [-0.2, -0.15) is 0 Å². The molecular weight excluding hydrogens is 272 g/mol. The second kappa shape index (κ2) is 6.09. The lowest BCUT2D eigenvalue weighted by Gasteiger charge is -2.18. The molecule has 0 aliphatic rings. The maximum atomic E-state index is 6.08. The van der Waals surface area contributed by atoms with Crippen LogP contribution in [0.1, 0.15) is 44.1 Å². The molecular formula is C15H19ClN4. The Hall–Kier alpha value is -1.81.